The fraction of sp³-hybridized carbons (Fsp3) is 0.556. The molecule has 0 saturated carbocycles. The fourth-order valence-electron chi connectivity index (χ4n) is 3.48. The molecule has 3 rings (SSSR count). The first kappa shape index (κ1) is 18.7. The Bertz CT molecular complexity index is 593. The number of fused-ring (bicyclic) bond motifs is 1. The molecule has 0 radical (unpaired) electrons. The summed E-state index contributed by atoms with van der Waals surface area (Å²) in [5, 5.41) is 6.49. The number of hydrogen-bond donors (Lipinski definition) is 2. The van der Waals surface area contributed by atoms with Crippen LogP contribution in [-0.2, 0) is 16.0 Å². The minimum atomic E-state index is 0. The number of nitrogens with one attached hydrogen (secondary N) is 2. The van der Waals surface area contributed by atoms with E-state index in [-0.39, 0.29) is 30.3 Å². The monoisotopic (exact) mass is 351 g/mol. The van der Waals surface area contributed by atoms with Crippen molar-refractivity contribution in [3.8, 4) is 0 Å². The van der Waals surface area contributed by atoms with Gasteiger partial charge in [-0.25, -0.2) is 0 Å². The molecular formula is C18H26ClN3O2. The molecule has 2 aliphatic heterocycles. The van der Waals surface area contributed by atoms with E-state index < -0.39 is 0 Å². The third-order valence-corrected chi connectivity index (χ3v) is 4.86. The molecule has 1 aromatic carbocycles. The highest BCUT2D eigenvalue weighted by molar-refractivity contribution is 5.97. The lowest BCUT2D eigenvalue weighted by molar-refractivity contribution is -0.122. The summed E-state index contributed by atoms with van der Waals surface area (Å²) in [5.74, 6) is 0.144. The van der Waals surface area contributed by atoms with Gasteiger partial charge >= 0.3 is 0 Å². The zero-order valence-corrected chi connectivity index (χ0v) is 14.9. The first-order valence-corrected chi connectivity index (χ1v) is 8.56. The zero-order valence-electron chi connectivity index (χ0n) is 14.1. The van der Waals surface area contributed by atoms with Gasteiger partial charge in [0.25, 0.3) is 0 Å². The number of halogens is 1. The smallest absolute Gasteiger partial charge is 0.227 e. The summed E-state index contributed by atoms with van der Waals surface area (Å²) in [4.78, 5) is 26.2. The van der Waals surface area contributed by atoms with Gasteiger partial charge in [0, 0.05) is 37.2 Å². The van der Waals surface area contributed by atoms with Crippen LogP contribution >= 0.6 is 12.4 Å². The summed E-state index contributed by atoms with van der Waals surface area (Å²) in [7, 11) is 0. The van der Waals surface area contributed by atoms with E-state index in [4.69, 9.17) is 0 Å². The Kier molecular flexibility index (Phi) is 6.63. The quantitative estimate of drug-likeness (QED) is 0.872. The van der Waals surface area contributed by atoms with Crippen LogP contribution in [0.2, 0.25) is 0 Å². The predicted octanol–water partition coefficient (Wildman–Crippen LogP) is 2.03. The molecule has 0 aliphatic carbocycles. The normalized spacial score (nSPS) is 23.2. The summed E-state index contributed by atoms with van der Waals surface area (Å²) < 4.78 is 0. The molecule has 2 aliphatic rings. The van der Waals surface area contributed by atoms with Gasteiger partial charge in [-0.2, -0.15) is 0 Å². The van der Waals surface area contributed by atoms with Gasteiger partial charge in [-0.05, 0) is 44.4 Å². The van der Waals surface area contributed by atoms with E-state index in [0.717, 1.165) is 31.5 Å². The van der Waals surface area contributed by atoms with Crippen LogP contribution in [0.15, 0.2) is 24.3 Å². The van der Waals surface area contributed by atoms with Crippen LogP contribution in [0.5, 0.6) is 0 Å². The number of rotatable bonds is 4. The number of nitrogens with zero attached hydrogens (tertiary/aromatic N) is 1. The van der Waals surface area contributed by atoms with Gasteiger partial charge in [-0.15, -0.1) is 12.4 Å². The molecule has 2 amide bonds. The van der Waals surface area contributed by atoms with E-state index in [9.17, 15) is 9.59 Å². The summed E-state index contributed by atoms with van der Waals surface area (Å²) in [6, 6.07) is 8.48. The molecule has 2 N–H and O–H groups in total. The van der Waals surface area contributed by atoms with E-state index in [1.165, 1.54) is 5.56 Å². The third-order valence-electron chi connectivity index (χ3n) is 4.86. The average Bonchev–Trinajstić information content (AvgIpc) is 2.56. The van der Waals surface area contributed by atoms with Gasteiger partial charge < -0.3 is 15.5 Å². The second kappa shape index (κ2) is 8.49. The average molecular weight is 352 g/mol. The van der Waals surface area contributed by atoms with Crippen molar-refractivity contribution in [2.45, 2.75) is 51.1 Å². The highest BCUT2D eigenvalue weighted by atomic mass is 35.5. The number of carbonyl (C=O) groups excluding carboxylic acids is 2. The van der Waals surface area contributed by atoms with Gasteiger partial charge in [-0.3, -0.25) is 9.59 Å². The Morgan fingerprint density at radius 2 is 2.12 bits per heavy atom. The predicted molar refractivity (Wildman–Crippen MR) is 97.6 cm³/mol. The number of anilines is 1. The van der Waals surface area contributed by atoms with Crippen molar-refractivity contribution in [1.29, 1.82) is 0 Å². The molecular weight excluding hydrogens is 326 g/mol. The molecule has 6 heteroatoms. The molecule has 1 aromatic rings. The number of amides is 2. The maximum absolute atomic E-state index is 12.2. The van der Waals surface area contributed by atoms with E-state index in [1.807, 2.05) is 18.2 Å². The maximum atomic E-state index is 12.2. The number of benzene rings is 1. The van der Waals surface area contributed by atoms with E-state index in [0.29, 0.717) is 25.4 Å². The largest absolute Gasteiger partial charge is 0.352 e. The molecule has 0 spiro atoms. The molecule has 0 aromatic heterocycles. The van der Waals surface area contributed by atoms with E-state index >= 15 is 0 Å². The van der Waals surface area contributed by atoms with E-state index in [2.05, 4.69) is 23.6 Å². The lowest BCUT2D eigenvalue weighted by Crippen LogP contribution is -2.52. The maximum Gasteiger partial charge on any atom is 0.227 e. The van der Waals surface area contributed by atoms with Crippen LogP contribution < -0.4 is 15.5 Å². The molecule has 1 fully saturated rings. The van der Waals surface area contributed by atoms with Crippen LogP contribution in [0.1, 0.15) is 38.2 Å². The van der Waals surface area contributed by atoms with Crippen molar-refractivity contribution in [2.75, 3.05) is 18.0 Å². The minimum Gasteiger partial charge on any atom is -0.352 e. The highest BCUT2D eigenvalue weighted by Crippen LogP contribution is 2.27. The van der Waals surface area contributed by atoms with Crippen molar-refractivity contribution in [3.63, 3.8) is 0 Å². The summed E-state index contributed by atoms with van der Waals surface area (Å²) in [6.45, 7) is 3.58. The summed E-state index contributed by atoms with van der Waals surface area (Å²) >= 11 is 0. The Balaban J connectivity index is 0.00000208. The van der Waals surface area contributed by atoms with E-state index in [1.54, 1.807) is 4.90 Å². The molecule has 2 atom stereocenters. The Morgan fingerprint density at radius 3 is 2.92 bits per heavy atom. The summed E-state index contributed by atoms with van der Waals surface area (Å²) in [6.07, 6.45) is 3.78. The van der Waals surface area contributed by atoms with Crippen LogP contribution in [0.3, 0.4) is 0 Å². The number of hydrogen-bond acceptors (Lipinski definition) is 3. The van der Waals surface area contributed by atoms with Crippen LogP contribution in [0.4, 0.5) is 5.69 Å². The van der Waals surface area contributed by atoms with Crippen molar-refractivity contribution in [3.05, 3.63) is 29.8 Å². The number of para-hydroxylation sites is 1. The van der Waals surface area contributed by atoms with Gasteiger partial charge in [0.05, 0.1) is 0 Å². The van der Waals surface area contributed by atoms with Crippen molar-refractivity contribution < 1.29 is 9.59 Å². The Hall–Kier alpha value is -1.59. The minimum absolute atomic E-state index is 0. The lowest BCUT2D eigenvalue weighted by Gasteiger charge is -2.32. The van der Waals surface area contributed by atoms with Crippen LogP contribution in [-0.4, -0.2) is 37.0 Å². The van der Waals surface area contributed by atoms with Crippen LogP contribution in [0, 0.1) is 0 Å². The lowest BCUT2D eigenvalue weighted by atomic mass is 9.99. The highest BCUT2D eigenvalue weighted by Gasteiger charge is 2.25. The molecule has 0 bridgehead atoms. The number of carbonyl (C=O) groups is 2. The second-order valence-electron chi connectivity index (χ2n) is 6.48. The Labute approximate surface area is 149 Å². The van der Waals surface area contributed by atoms with Gasteiger partial charge in [0.1, 0.15) is 0 Å². The molecule has 2 heterocycles. The van der Waals surface area contributed by atoms with Crippen molar-refractivity contribution >= 4 is 29.9 Å². The molecule has 132 valence electrons. The topological polar surface area (TPSA) is 61.4 Å². The molecule has 24 heavy (non-hydrogen) atoms. The van der Waals surface area contributed by atoms with Crippen LogP contribution in [0.25, 0.3) is 0 Å². The molecule has 1 saturated heterocycles. The second-order valence-corrected chi connectivity index (χ2v) is 6.48. The Morgan fingerprint density at radius 1 is 1.33 bits per heavy atom. The fourth-order valence-corrected chi connectivity index (χ4v) is 3.48. The number of aryl methyl sites for hydroxylation is 1. The van der Waals surface area contributed by atoms with Gasteiger partial charge in [-0.1, -0.05) is 18.2 Å². The molecule has 5 nitrogen and oxygen atoms in total. The summed E-state index contributed by atoms with van der Waals surface area (Å²) in [5.41, 5.74) is 2.15. The van der Waals surface area contributed by atoms with Gasteiger partial charge in [0.15, 0.2) is 0 Å². The van der Waals surface area contributed by atoms with Crippen molar-refractivity contribution in [1.82, 2.24) is 10.6 Å². The third kappa shape index (κ3) is 4.28. The SMILES string of the molecule is CC1NCCCC1NC(=O)CCN1C(=O)CCc2ccccc21.Cl. The molecule has 2 unspecified atom stereocenters. The number of piperidine rings is 1. The first-order valence-electron chi connectivity index (χ1n) is 8.56. The van der Waals surface area contributed by atoms with Crippen molar-refractivity contribution in [2.24, 2.45) is 0 Å². The van der Waals surface area contributed by atoms with Gasteiger partial charge in [0.2, 0.25) is 11.8 Å². The standard InChI is InChI=1S/C18H25N3O2.ClH/c1-13-15(6-4-11-19-13)20-17(22)10-12-21-16-7-3-2-5-14(16)8-9-18(21)23;/h2-3,5,7,13,15,19H,4,6,8-12H2,1H3,(H,20,22);1H. The zero-order chi connectivity index (χ0) is 16.2. The first-order chi connectivity index (χ1) is 11.1.